The van der Waals surface area contributed by atoms with E-state index in [0.717, 1.165) is 27.6 Å². The maximum Gasteiger partial charge on any atom is 0.238 e. The highest BCUT2D eigenvalue weighted by atomic mass is 32.2. The number of primary sulfonamides is 1. The molecule has 0 amide bonds. The van der Waals surface area contributed by atoms with Crippen LogP contribution in [0.15, 0.2) is 52.7 Å². The molecular weight excluding hydrogens is 348 g/mol. The summed E-state index contributed by atoms with van der Waals surface area (Å²) in [6.45, 7) is 0.234. The number of nitrogens with two attached hydrogens (primary N) is 1. The Morgan fingerprint density at radius 3 is 2.46 bits per heavy atom. The van der Waals surface area contributed by atoms with Crippen LogP contribution >= 0.6 is 11.3 Å². The van der Waals surface area contributed by atoms with E-state index in [0.29, 0.717) is 5.75 Å². The molecule has 6 nitrogen and oxygen atoms in total. The fourth-order valence-corrected chi connectivity index (χ4v) is 3.73. The Kier molecular flexibility index (Phi) is 3.52. The van der Waals surface area contributed by atoms with E-state index in [4.69, 9.17) is 14.6 Å². The summed E-state index contributed by atoms with van der Waals surface area (Å²) >= 11 is 1.48. The second-order valence-electron chi connectivity index (χ2n) is 5.18. The monoisotopic (exact) mass is 360 g/mol. The molecule has 0 aliphatic carbocycles. The lowest BCUT2D eigenvalue weighted by molar-refractivity contribution is 0.174. The molecule has 4 rings (SSSR count). The first kappa shape index (κ1) is 15.1. The summed E-state index contributed by atoms with van der Waals surface area (Å²) in [5.41, 5.74) is 2.59. The minimum atomic E-state index is -3.69. The van der Waals surface area contributed by atoms with Crippen molar-refractivity contribution in [2.24, 2.45) is 5.14 Å². The normalized spacial score (nSPS) is 13.2. The maximum absolute atomic E-state index is 11.3. The summed E-state index contributed by atoms with van der Waals surface area (Å²) in [7, 11) is -3.69. The van der Waals surface area contributed by atoms with E-state index < -0.39 is 10.0 Å². The Morgan fingerprint density at radius 1 is 1.00 bits per heavy atom. The van der Waals surface area contributed by atoms with Crippen molar-refractivity contribution in [3.05, 3.63) is 47.8 Å². The maximum atomic E-state index is 11.3. The van der Waals surface area contributed by atoms with E-state index in [1.807, 2.05) is 23.6 Å². The Morgan fingerprint density at radius 2 is 1.71 bits per heavy atom. The molecule has 0 unspecified atom stereocenters. The van der Waals surface area contributed by atoms with Crippen molar-refractivity contribution in [2.75, 3.05) is 6.79 Å². The summed E-state index contributed by atoms with van der Waals surface area (Å²) in [5.74, 6) is 1.44. The largest absolute Gasteiger partial charge is 0.454 e. The molecule has 0 atom stereocenters. The van der Waals surface area contributed by atoms with Crippen LogP contribution in [0, 0.1) is 0 Å². The summed E-state index contributed by atoms with van der Waals surface area (Å²) in [6.07, 6.45) is 0. The summed E-state index contributed by atoms with van der Waals surface area (Å²) in [4.78, 5) is 4.69. The quantitative estimate of drug-likeness (QED) is 0.775. The Bertz CT molecular complexity index is 1010. The van der Waals surface area contributed by atoms with Gasteiger partial charge in [-0.05, 0) is 30.3 Å². The fraction of sp³-hybridized carbons (Fsp3) is 0.0625. The van der Waals surface area contributed by atoms with Gasteiger partial charge in [0.1, 0.15) is 5.01 Å². The standard InChI is InChI=1S/C16H12N2O4S2/c17-24(19,20)12-4-1-10(2-5-12)16-18-13(8-23-16)11-3-6-14-15(7-11)22-9-21-14/h1-8H,9H2,(H2,17,19,20). The van der Waals surface area contributed by atoms with Crippen LogP contribution in [0.25, 0.3) is 21.8 Å². The summed E-state index contributed by atoms with van der Waals surface area (Å²) in [6, 6.07) is 12.0. The second-order valence-corrected chi connectivity index (χ2v) is 7.59. The van der Waals surface area contributed by atoms with Crippen molar-refractivity contribution in [1.29, 1.82) is 0 Å². The molecule has 1 aromatic heterocycles. The van der Waals surface area contributed by atoms with Gasteiger partial charge in [0.05, 0.1) is 10.6 Å². The highest BCUT2D eigenvalue weighted by Gasteiger charge is 2.15. The van der Waals surface area contributed by atoms with Crippen LogP contribution in [-0.2, 0) is 10.0 Å². The van der Waals surface area contributed by atoms with Gasteiger partial charge < -0.3 is 9.47 Å². The molecule has 0 radical (unpaired) electrons. The lowest BCUT2D eigenvalue weighted by Crippen LogP contribution is -2.11. The molecule has 1 aliphatic heterocycles. The molecule has 0 saturated heterocycles. The SMILES string of the molecule is NS(=O)(=O)c1ccc(-c2nc(-c3ccc4c(c3)OCO4)cs2)cc1. The number of aromatic nitrogens is 1. The molecule has 2 heterocycles. The Labute approximate surface area is 142 Å². The number of benzene rings is 2. The number of thiazole rings is 1. The number of rotatable bonds is 3. The first-order chi connectivity index (χ1) is 11.5. The van der Waals surface area contributed by atoms with Crippen molar-refractivity contribution >= 4 is 21.4 Å². The van der Waals surface area contributed by atoms with Gasteiger partial charge in [-0.1, -0.05) is 12.1 Å². The molecule has 0 bridgehead atoms. The third-order valence-electron chi connectivity index (χ3n) is 3.60. The van der Waals surface area contributed by atoms with Crippen LogP contribution in [0.4, 0.5) is 0 Å². The lowest BCUT2D eigenvalue weighted by Gasteiger charge is -2.01. The molecule has 2 N–H and O–H groups in total. The van der Waals surface area contributed by atoms with E-state index in [1.165, 1.54) is 23.5 Å². The number of hydrogen-bond acceptors (Lipinski definition) is 6. The number of ether oxygens (including phenoxy) is 2. The van der Waals surface area contributed by atoms with Crippen molar-refractivity contribution in [3.63, 3.8) is 0 Å². The van der Waals surface area contributed by atoms with Gasteiger partial charge in [0.15, 0.2) is 11.5 Å². The summed E-state index contributed by atoms with van der Waals surface area (Å²) < 4.78 is 33.3. The Hall–Kier alpha value is -2.42. The zero-order valence-corrected chi connectivity index (χ0v) is 13.9. The molecule has 8 heteroatoms. The van der Waals surface area contributed by atoms with Crippen LogP contribution in [-0.4, -0.2) is 20.2 Å². The third-order valence-corrected chi connectivity index (χ3v) is 5.42. The van der Waals surface area contributed by atoms with Crippen LogP contribution in [0.5, 0.6) is 11.5 Å². The van der Waals surface area contributed by atoms with Crippen molar-refractivity contribution in [1.82, 2.24) is 4.98 Å². The Balaban J connectivity index is 1.65. The predicted molar refractivity (Wildman–Crippen MR) is 90.5 cm³/mol. The van der Waals surface area contributed by atoms with E-state index >= 15 is 0 Å². The lowest BCUT2D eigenvalue weighted by atomic mass is 10.1. The third kappa shape index (κ3) is 2.75. The first-order valence-corrected chi connectivity index (χ1v) is 9.42. The highest BCUT2D eigenvalue weighted by Crippen LogP contribution is 2.37. The van der Waals surface area contributed by atoms with Crippen molar-refractivity contribution < 1.29 is 17.9 Å². The molecule has 0 spiro atoms. The molecule has 1 aliphatic rings. The average Bonchev–Trinajstić information content (AvgIpc) is 3.22. The van der Waals surface area contributed by atoms with Crippen LogP contribution in [0.3, 0.4) is 0 Å². The van der Waals surface area contributed by atoms with Gasteiger partial charge in [0.25, 0.3) is 0 Å². The average molecular weight is 360 g/mol. The number of sulfonamides is 1. The van der Waals surface area contributed by atoms with Gasteiger partial charge in [0.2, 0.25) is 16.8 Å². The zero-order valence-electron chi connectivity index (χ0n) is 12.3. The fourth-order valence-electron chi connectivity index (χ4n) is 2.38. The van der Waals surface area contributed by atoms with E-state index in [-0.39, 0.29) is 11.7 Å². The summed E-state index contributed by atoms with van der Waals surface area (Å²) in [5, 5.41) is 7.85. The first-order valence-electron chi connectivity index (χ1n) is 6.99. The minimum Gasteiger partial charge on any atom is -0.454 e. The highest BCUT2D eigenvalue weighted by molar-refractivity contribution is 7.89. The number of fused-ring (bicyclic) bond motifs is 1. The van der Waals surface area contributed by atoms with Crippen LogP contribution in [0.2, 0.25) is 0 Å². The van der Waals surface area contributed by atoms with Crippen LogP contribution < -0.4 is 14.6 Å². The van der Waals surface area contributed by atoms with Crippen molar-refractivity contribution in [3.8, 4) is 33.3 Å². The van der Waals surface area contributed by atoms with Gasteiger partial charge in [-0.3, -0.25) is 0 Å². The minimum absolute atomic E-state index is 0.0822. The predicted octanol–water partition coefficient (Wildman–Crippen LogP) is 2.85. The topological polar surface area (TPSA) is 91.5 Å². The van der Waals surface area contributed by atoms with Gasteiger partial charge in [-0.25, -0.2) is 18.5 Å². The van der Waals surface area contributed by atoms with E-state index in [1.54, 1.807) is 12.1 Å². The molecule has 0 saturated carbocycles. The number of nitrogens with zero attached hydrogens (tertiary/aromatic N) is 1. The molecule has 122 valence electrons. The molecular formula is C16H12N2O4S2. The molecule has 24 heavy (non-hydrogen) atoms. The number of hydrogen-bond donors (Lipinski definition) is 1. The smallest absolute Gasteiger partial charge is 0.238 e. The zero-order chi connectivity index (χ0) is 16.7. The second kappa shape index (κ2) is 5.59. The van der Waals surface area contributed by atoms with Gasteiger partial charge in [-0.2, -0.15) is 0 Å². The van der Waals surface area contributed by atoms with Gasteiger partial charge in [0, 0.05) is 16.5 Å². The molecule has 0 fully saturated rings. The van der Waals surface area contributed by atoms with Gasteiger partial charge in [-0.15, -0.1) is 11.3 Å². The van der Waals surface area contributed by atoms with E-state index in [2.05, 4.69) is 4.98 Å². The van der Waals surface area contributed by atoms with E-state index in [9.17, 15) is 8.42 Å². The van der Waals surface area contributed by atoms with Crippen LogP contribution in [0.1, 0.15) is 0 Å². The molecule has 3 aromatic rings. The van der Waals surface area contributed by atoms with Crippen molar-refractivity contribution in [2.45, 2.75) is 4.90 Å². The van der Waals surface area contributed by atoms with Gasteiger partial charge >= 0.3 is 0 Å². The molecule has 2 aromatic carbocycles.